The van der Waals surface area contributed by atoms with Crippen molar-refractivity contribution in [1.82, 2.24) is 24.9 Å². The summed E-state index contributed by atoms with van der Waals surface area (Å²) in [6.07, 6.45) is 6.21. The van der Waals surface area contributed by atoms with E-state index in [0.29, 0.717) is 6.61 Å². The van der Waals surface area contributed by atoms with Crippen LogP contribution in [0.5, 0.6) is 0 Å². The molecule has 1 unspecified atom stereocenters. The predicted octanol–water partition coefficient (Wildman–Crippen LogP) is 2.32. The number of benzene rings is 1. The van der Waals surface area contributed by atoms with E-state index in [9.17, 15) is 4.79 Å². The highest BCUT2D eigenvalue weighted by Gasteiger charge is 2.30. The lowest BCUT2D eigenvalue weighted by molar-refractivity contribution is -0.142. The zero-order chi connectivity index (χ0) is 21.5. The molecule has 1 N–H and O–H groups in total. The third-order valence-electron chi connectivity index (χ3n) is 5.80. The number of piperazine rings is 1. The van der Waals surface area contributed by atoms with Gasteiger partial charge in [0.25, 0.3) is 5.91 Å². The molecule has 2 saturated heterocycles. The molecule has 1 aromatic heterocycles. The van der Waals surface area contributed by atoms with Crippen molar-refractivity contribution in [3.8, 4) is 5.69 Å². The van der Waals surface area contributed by atoms with Crippen molar-refractivity contribution < 1.29 is 9.53 Å². The quantitative estimate of drug-likeness (QED) is 0.339. The largest absolute Gasteiger partial charge is 0.368 e. The van der Waals surface area contributed by atoms with Gasteiger partial charge >= 0.3 is 0 Å². The Hall–Kier alpha value is -2.14. The Morgan fingerprint density at radius 1 is 1.19 bits per heavy atom. The number of ether oxygens (including phenoxy) is 1. The van der Waals surface area contributed by atoms with Gasteiger partial charge in [0, 0.05) is 58.3 Å². The predicted molar refractivity (Wildman–Crippen MR) is 136 cm³/mol. The topological polar surface area (TPSA) is 75.0 Å². The third-order valence-corrected chi connectivity index (χ3v) is 5.80. The fourth-order valence-electron chi connectivity index (χ4n) is 4.07. The number of aliphatic imine (C=N–C) groups is 1. The lowest BCUT2D eigenvalue weighted by atomic mass is 10.1. The fourth-order valence-corrected chi connectivity index (χ4v) is 4.07. The normalized spacial score (nSPS) is 19.0. The molecule has 1 aromatic carbocycles. The number of nitrogens with one attached hydrogen (secondary N) is 1. The summed E-state index contributed by atoms with van der Waals surface area (Å²) in [4.78, 5) is 21.6. The molecule has 8 nitrogen and oxygen atoms in total. The smallest absolute Gasteiger partial charge is 0.251 e. The maximum atomic E-state index is 12.6. The summed E-state index contributed by atoms with van der Waals surface area (Å²) < 4.78 is 7.41. The molecule has 1 atom stereocenters. The number of carbonyl (C=O) groups is 1. The van der Waals surface area contributed by atoms with Crippen molar-refractivity contribution >= 4 is 35.8 Å². The van der Waals surface area contributed by atoms with Crippen molar-refractivity contribution in [3.63, 3.8) is 0 Å². The Balaban J connectivity index is 0.00000289. The molecule has 0 aliphatic carbocycles. The first kappa shape index (κ1) is 24.5. The summed E-state index contributed by atoms with van der Waals surface area (Å²) in [7, 11) is 0. The van der Waals surface area contributed by atoms with Gasteiger partial charge in [0.1, 0.15) is 6.10 Å². The van der Waals surface area contributed by atoms with Crippen molar-refractivity contribution in [3.05, 3.63) is 48.3 Å². The molecule has 3 heterocycles. The molecule has 9 heteroatoms. The van der Waals surface area contributed by atoms with Crippen LogP contribution >= 0.6 is 24.0 Å². The fraction of sp³-hybridized carbons (Fsp3) is 0.522. The number of amides is 1. The highest BCUT2D eigenvalue weighted by Crippen LogP contribution is 2.16. The molecule has 2 aromatic rings. The number of hydrogen-bond acceptors (Lipinski definition) is 4. The summed E-state index contributed by atoms with van der Waals surface area (Å²) in [5.41, 5.74) is 2.31. The van der Waals surface area contributed by atoms with Crippen molar-refractivity contribution in [1.29, 1.82) is 0 Å². The van der Waals surface area contributed by atoms with E-state index >= 15 is 0 Å². The molecule has 32 heavy (non-hydrogen) atoms. The van der Waals surface area contributed by atoms with E-state index in [0.717, 1.165) is 70.2 Å². The number of aromatic nitrogens is 2. The maximum Gasteiger partial charge on any atom is 0.251 e. The lowest BCUT2D eigenvalue weighted by Gasteiger charge is -2.37. The molecule has 0 saturated carbocycles. The summed E-state index contributed by atoms with van der Waals surface area (Å²) in [5, 5.41) is 7.66. The van der Waals surface area contributed by atoms with Crippen LogP contribution in [-0.2, 0) is 16.0 Å². The van der Waals surface area contributed by atoms with Crippen LogP contribution < -0.4 is 5.32 Å². The van der Waals surface area contributed by atoms with Gasteiger partial charge in [-0.1, -0.05) is 12.1 Å². The lowest BCUT2D eigenvalue weighted by Crippen LogP contribution is -2.55. The van der Waals surface area contributed by atoms with Gasteiger partial charge in [-0.3, -0.25) is 9.79 Å². The van der Waals surface area contributed by atoms with Crippen LogP contribution in [0.3, 0.4) is 0 Å². The van der Waals surface area contributed by atoms with Crippen LogP contribution in [0, 0.1) is 0 Å². The van der Waals surface area contributed by atoms with Gasteiger partial charge in [0.05, 0.1) is 5.69 Å². The first-order chi connectivity index (χ1) is 15.2. The summed E-state index contributed by atoms with van der Waals surface area (Å²) in [6, 6.07) is 10.4. The third kappa shape index (κ3) is 6.22. The van der Waals surface area contributed by atoms with Gasteiger partial charge < -0.3 is 19.9 Å². The SMILES string of the molecule is CCNC(=NCCc1ccc(-n2cccn2)cc1)N1CCN(C(=O)C2CCCO2)CC1.I. The highest BCUT2D eigenvalue weighted by molar-refractivity contribution is 14.0. The van der Waals surface area contributed by atoms with Crippen LogP contribution in [0.1, 0.15) is 25.3 Å². The van der Waals surface area contributed by atoms with Crippen molar-refractivity contribution in [2.75, 3.05) is 45.9 Å². The van der Waals surface area contributed by atoms with E-state index in [1.54, 1.807) is 6.20 Å². The molecule has 1 amide bonds. The van der Waals surface area contributed by atoms with Gasteiger partial charge in [-0.15, -0.1) is 24.0 Å². The number of guanidine groups is 1. The van der Waals surface area contributed by atoms with Crippen molar-refractivity contribution in [2.24, 2.45) is 4.99 Å². The van der Waals surface area contributed by atoms with E-state index < -0.39 is 0 Å². The van der Waals surface area contributed by atoms with Crippen LogP contribution in [0.15, 0.2) is 47.7 Å². The first-order valence-corrected chi connectivity index (χ1v) is 11.3. The highest BCUT2D eigenvalue weighted by atomic mass is 127. The van der Waals surface area contributed by atoms with E-state index in [-0.39, 0.29) is 36.0 Å². The van der Waals surface area contributed by atoms with Gasteiger partial charge in [-0.25, -0.2) is 4.68 Å². The Morgan fingerprint density at radius 3 is 2.56 bits per heavy atom. The number of rotatable bonds is 6. The van der Waals surface area contributed by atoms with Crippen LogP contribution in [-0.4, -0.2) is 83.4 Å². The van der Waals surface area contributed by atoms with Crippen molar-refractivity contribution in [2.45, 2.75) is 32.3 Å². The molecule has 2 fully saturated rings. The van der Waals surface area contributed by atoms with Crippen LogP contribution in [0.2, 0.25) is 0 Å². The van der Waals surface area contributed by atoms with Gasteiger partial charge in [0.2, 0.25) is 0 Å². The second kappa shape index (κ2) is 12.2. The second-order valence-electron chi connectivity index (χ2n) is 7.92. The van der Waals surface area contributed by atoms with Gasteiger partial charge in [-0.2, -0.15) is 5.10 Å². The standard InChI is InChI=1S/C23H32N6O2.HI/c1-2-24-23(28-16-14-27(15-17-28)22(30)21-5-3-18-31-21)25-12-10-19-6-8-20(9-7-19)29-13-4-11-26-29;/h4,6-9,11,13,21H,2-3,5,10,12,14-18H2,1H3,(H,24,25);1H. The van der Waals surface area contributed by atoms with E-state index in [1.165, 1.54) is 5.56 Å². The summed E-state index contributed by atoms with van der Waals surface area (Å²) in [6.45, 7) is 7.37. The zero-order valence-electron chi connectivity index (χ0n) is 18.7. The average molecular weight is 552 g/mol. The Bertz CT molecular complexity index is 857. The van der Waals surface area contributed by atoms with Gasteiger partial charge in [-0.05, 0) is 49.9 Å². The first-order valence-electron chi connectivity index (χ1n) is 11.3. The maximum absolute atomic E-state index is 12.6. The summed E-state index contributed by atoms with van der Waals surface area (Å²) >= 11 is 0. The van der Waals surface area contributed by atoms with E-state index in [1.807, 2.05) is 21.8 Å². The molecule has 4 rings (SSSR count). The van der Waals surface area contributed by atoms with Crippen LogP contribution in [0.25, 0.3) is 5.69 Å². The molecule has 2 aliphatic rings. The number of halogens is 1. The minimum atomic E-state index is -0.229. The summed E-state index contributed by atoms with van der Waals surface area (Å²) in [5.74, 6) is 1.08. The average Bonchev–Trinajstić information content (AvgIpc) is 3.53. The molecular formula is C23H33IN6O2. The molecule has 0 spiro atoms. The van der Waals surface area contributed by atoms with Gasteiger partial charge in [0.15, 0.2) is 5.96 Å². The van der Waals surface area contributed by atoms with Crippen LogP contribution in [0.4, 0.5) is 0 Å². The molecular weight excluding hydrogens is 519 g/mol. The van der Waals surface area contributed by atoms with E-state index in [2.05, 4.69) is 46.5 Å². The molecule has 0 radical (unpaired) electrons. The number of nitrogens with zero attached hydrogens (tertiary/aromatic N) is 5. The Labute approximate surface area is 207 Å². The monoisotopic (exact) mass is 552 g/mol. The Kier molecular flexibility index (Phi) is 9.34. The second-order valence-corrected chi connectivity index (χ2v) is 7.92. The van der Waals surface area contributed by atoms with E-state index in [4.69, 9.17) is 9.73 Å². The minimum absolute atomic E-state index is 0. The molecule has 0 bridgehead atoms. The zero-order valence-corrected chi connectivity index (χ0v) is 21.0. The molecule has 2 aliphatic heterocycles. The Morgan fingerprint density at radius 2 is 1.94 bits per heavy atom. The molecule has 174 valence electrons. The number of hydrogen-bond donors (Lipinski definition) is 1. The number of carbonyl (C=O) groups excluding carboxylic acids is 1. The minimum Gasteiger partial charge on any atom is -0.368 e.